The zero-order chi connectivity index (χ0) is 22.2. The quantitative estimate of drug-likeness (QED) is 0.347. The summed E-state index contributed by atoms with van der Waals surface area (Å²) in [7, 11) is 0. The number of anilines is 4. The van der Waals surface area contributed by atoms with Crippen LogP contribution in [0.15, 0.2) is 41.9 Å². The summed E-state index contributed by atoms with van der Waals surface area (Å²) < 4.78 is 0. The van der Waals surface area contributed by atoms with Gasteiger partial charge in [-0.1, -0.05) is 0 Å². The Kier molecular flexibility index (Phi) is 5.16. The molecule has 1 aliphatic heterocycles. The Labute approximate surface area is 194 Å². The summed E-state index contributed by atoms with van der Waals surface area (Å²) in [6.45, 7) is 3.94. The lowest BCUT2D eigenvalue weighted by atomic mass is 10.2. The molecule has 9 nitrogen and oxygen atoms in total. The van der Waals surface area contributed by atoms with E-state index < -0.39 is 0 Å². The average molecular weight is 461 g/mol. The second-order valence-electron chi connectivity index (χ2n) is 8.37. The number of nitrogens with zero attached hydrogens (tertiary/aromatic N) is 4. The first kappa shape index (κ1) is 20.1. The fraction of sp³-hybridized carbons (Fsp3) is 0.304. The molecule has 0 spiro atoms. The average Bonchev–Trinajstić information content (AvgIpc) is 3.40. The molecule has 4 aromatic rings. The Morgan fingerprint density at radius 2 is 1.91 bits per heavy atom. The molecule has 2 aliphatic rings. The van der Waals surface area contributed by atoms with Crippen LogP contribution in [0, 0.1) is 0 Å². The van der Waals surface area contributed by atoms with Crippen LogP contribution >= 0.6 is 11.3 Å². The van der Waals surface area contributed by atoms with Crippen molar-refractivity contribution >= 4 is 50.3 Å². The highest BCUT2D eigenvalue weighted by Crippen LogP contribution is 2.40. The Balaban J connectivity index is 1.20. The number of aromatic nitrogens is 4. The molecule has 1 saturated heterocycles. The number of thiophene rings is 1. The maximum atomic E-state index is 13.0. The molecule has 1 aliphatic carbocycles. The van der Waals surface area contributed by atoms with Crippen LogP contribution in [0.5, 0.6) is 0 Å². The highest BCUT2D eigenvalue weighted by molar-refractivity contribution is 7.16. The predicted octanol–water partition coefficient (Wildman–Crippen LogP) is 3.70. The third-order valence-electron chi connectivity index (χ3n) is 6.01. The molecule has 2 fully saturated rings. The van der Waals surface area contributed by atoms with E-state index >= 15 is 0 Å². The number of H-pyrrole nitrogens is 1. The number of fused-ring (bicyclic) bond motifs is 1. The number of amides is 1. The maximum absolute atomic E-state index is 13.0. The van der Waals surface area contributed by atoms with Crippen molar-refractivity contribution < 1.29 is 4.79 Å². The summed E-state index contributed by atoms with van der Waals surface area (Å²) in [4.78, 5) is 25.7. The molecular weight excluding hydrogens is 436 g/mol. The van der Waals surface area contributed by atoms with E-state index in [0.717, 1.165) is 66.4 Å². The van der Waals surface area contributed by atoms with Crippen LogP contribution < -0.4 is 20.9 Å². The van der Waals surface area contributed by atoms with Gasteiger partial charge in [-0.05, 0) is 48.6 Å². The molecule has 4 N–H and O–H groups in total. The number of aromatic amines is 1. The van der Waals surface area contributed by atoms with Gasteiger partial charge >= 0.3 is 0 Å². The van der Waals surface area contributed by atoms with Crippen molar-refractivity contribution in [3.05, 3.63) is 53.4 Å². The van der Waals surface area contributed by atoms with E-state index in [1.54, 1.807) is 17.5 Å². The highest BCUT2D eigenvalue weighted by atomic mass is 32.1. The largest absolute Gasteiger partial charge is 0.369 e. The van der Waals surface area contributed by atoms with Gasteiger partial charge in [-0.2, -0.15) is 5.10 Å². The second-order valence-corrected chi connectivity index (χ2v) is 9.26. The number of hydrogen-bond acceptors (Lipinski definition) is 8. The van der Waals surface area contributed by atoms with Gasteiger partial charge in [0.2, 0.25) is 0 Å². The highest BCUT2D eigenvalue weighted by Gasteiger charge is 2.28. The molecule has 1 aromatic carbocycles. The standard InChI is InChI=1S/C23H24N8OS/c32-22(26-15-3-5-16(6-4-15)31-10-8-24-9-11-31)19-18(13-25-30-19)27-21-17-7-12-33-23(17)29-20(28-21)14-1-2-14/h3-7,12-14,24H,1-2,8-11H2,(H,25,30)(H,26,32)(H,27,28,29). The molecule has 10 heteroatoms. The molecule has 6 rings (SSSR count). The van der Waals surface area contributed by atoms with Gasteiger partial charge in [0, 0.05) is 43.5 Å². The zero-order valence-electron chi connectivity index (χ0n) is 18.0. The Bertz CT molecular complexity index is 1290. The summed E-state index contributed by atoms with van der Waals surface area (Å²) in [5, 5.41) is 19.5. The molecule has 0 bridgehead atoms. The minimum absolute atomic E-state index is 0.261. The molecule has 0 unspecified atom stereocenters. The zero-order valence-corrected chi connectivity index (χ0v) is 18.8. The molecule has 3 aromatic heterocycles. The van der Waals surface area contributed by atoms with Gasteiger partial charge in [-0.25, -0.2) is 9.97 Å². The summed E-state index contributed by atoms with van der Waals surface area (Å²) in [6, 6.07) is 9.94. The predicted molar refractivity (Wildman–Crippen MR) is 131 cm³/mol. The normalized spacial score (nSPS) is 16.2. The summed E-state index contributed by atoms with van der Waals surface area (Å²) >= 11 is 1.60. The van der Waals surface area contributed by atoms with Crippen molar-refractivity contribution in [2.75, 3.05) is 41.7 Å². The van der Waals surface area contributed by atoms with E-state index in [2.05, 4.69) is 31.0 Å². The minimum atomic E-state index is -0.261. The molecule has 168 valence electrons. The molecule has 33 heavy (non-hydrogen) atoms. The molecule has 4 heterocycles. The number of piperazine rings is 1. The van der Waals surface area contributed by atoms with Crippen molar-refractivity contribution in [1.29, 1.82) is 0 Å². The van der Waals surface area contributed by atoms with Gasteiger partial charge in [0.15, 0.2) is 0 Å². The van der Waals surface area contributed by atoms with E-state index in [4.69, 9.17) is 9.97 Å². The number of carbonyl (C=O) groups excluding carboxylic acids is 1. The number of benzene rings is 1. The van der Waals surface area contributed by atoms with Crippen LogP contribution in [0.4, 0.5) is 22.9 Å². The Morgan fingerprint density at radius 3 is 2.70 bits per heavy atom. The third kappa shape index (κ3) is 4.14. The van der Waals surface area contributed by atoms with Crippen LogP contribution in [0.3, 0.4) is 0 Å². The number of hydrogen-bond donors (Lipinski definition) is 4. The van der Waals surface area contributed by atoms with Crippen molar-refractivity contribution in [2.45, 2.75) is 18.8 Å². The summed E-state index contributed by atoms with van der Waals surface area (Å²) in [5.41, 5.74) is 2.83. The lowest BCUT2D eigenvalue weighted by molar-refractivity contribution is 0.102. The number of carbonyl (C=O) groups is 1. The van der Waals surface area contributed by atoms with Crippen LogP contribution in [-0.4, -0.2) is 52.3 Å². The van der Waals surface area contributed by atoms with E-state index in [0.29, 0.717) is 23.1 Å². The van der Waals surface area contributed by atoms with Crippen molar-refractivity contribution in [1.82, 2.24) is 25.5 Å². The molecule has 0 radical (unpaired) electrons. The molecule has 0 atom stereocenters. The van der Waals surface area contributed by atoms with E-state index in [1.165, 1.54) is 0 Å². The second kappa shape index (κ2) is 8.45. The van der Waals surface area contributed by atoms with Crippen molar-refractivity contribution in [3.8, 4) is 0 Å². The molecule has 1 amide bonds. The summed E-state index contributed by atoms with van der Waals surface area (Å²) in [5.74, 6) is 1.75. The SMILES string of the molecule is O=C(Nc1ccc(N2CCNCC2)cc1)c1[nH]ncc1Nc1nc(C2CC2)nc2sccc12. The van der Waals surface area contributed by atoms with Crippen LogP contribution in [0.25, 0.3) is 10.2 Å². The minimum Gasteiger partial charge on any atom is -0.369 e. The fourth-order valence-electron chi connectivity index (χ4n) is 4.05. The lowest BCUT2D eigenvalue weighted by Gasteiger charge is -2.29. The van der Waals surface area contributed by atoms with Gasteiger partial charge in [0.25, 0.3) is 5.91 Å². The topological polar surface area (TPSA) is 111 Å². The van der Waals surface area contributed by atoms with Crippen molar-refractivity contribution in [2.24, 2.45) is 0 Å². The first-order chi connectivity index (χ1) is 16.2. The van der Waals surface area contributed by atoms with Gasteiger partial charge in [-0.3, -0.25) is 9.89 Å². The molecular formula is C23H24N8OS. The van der Waals surface area contributed by atoms with Crippen LogP contribution in [0.1, 0.15) is 35.1 Å². The van der Waals surface area contributed by atoms with Gasteiger partial charge in [-0.15, -0.1) is 11.3 Å². The number of rotatable bonds is 6. The van der Waals surface area contributed by atoms with Crippen LogP contribution in [-0.2, 0) is 0 Å². The van der Waals surface area contributed by atoms with E-state index in [1.807, 2.05) is 35.7 Å². The Hall–Kier alpha value is -3.50. The van der Waals surface area contributed by atoms with Gasteiger partial charge in [0.05, 0.1) is 17.3 Å². The lowest BCUT2D eigenvalue weighted by Crippen LogP contribution is -2.43. The monoisotopic (exact) mass is 460 g/mol. The first-order valence-electron chi connectivity index (χ1n) is 11.2. The first-order valence-corrected chi connectivity index (χ1v) is 12.1. The Morgan fingerprint density at radius 1 is 1.09 bits per heavy atom. The summed E-state index contributed by atoms with van der Waals surface area (Å²) in [6.07, 6.45) is 3.87. The van der Waals surface area contributed by atoms with Crippen molar-refractivity contribution in [3.63, 3.8) is 0 Å². The van der Waals surface area contributed by atoms with Gasteiger partial charge < -0.3 is 20.9 Å². The van der Waals surface area contributed by atoms with E-state index in [-0.39, 0.29) is 5.91 Å². The third-order valence-corrected chi connectivity index (χ3v) is 6.82. The fourth-order valence-corrected chi connectivity index (χ4v) is 4.82. The van der Waals surface area contributed by atoms with E-state index in [9.17, 15) is 4.79 Å². The van der Waals surface area contributed by atoms with Crippen LogP contribution in [0.2, 0.25) is 0 Å². The smallest absolute Gasteiger partial charge is 0.275 e. The van der Waals surface area contributed by atoms with Gasteiger partial charge in [0.1, 0.15) is 22.2 Å². The number of nitrogens with one attached hydrogen (secondary N) is 4. The molecule has 1 saturated carbocycles. The maximum Gasteiger partial charge on any atom is 0.275 e.